The van der Waals surface area contributed by atoms with Crippen LogP contribution in [0, 0.1) is 6.92 Å². The lowest BCUT2D eigenvalue weighted by atomic mass is 10.1. The summed E-state index contributed by atoms with van der Waals surface area (Å²) >= 11 is 0. The van der Waals surface area contributed by atoms with Gasteiger partial charge in [0.1, 0.15) is 11.3 Å². The van der Waals surface area contributed by atoms with Crippen molar-refractivity contribution in [3.8, 4) is 11.3 Å². The Bertz CT molecular complexity index is 1100. The van der Waals surface area contributed by atoms with Crippen molar-refractivity contribution < 1.29 is 5.48 Å². The monoisotopic (exact) mass is 396 g/mol. The number of aryl methyl sites for hydroxylation is 1. The normalized spacial score (nSPS) is 14.0. The second kappa shape index (κ2) is 8.17. The predicted molar refractivity (Wildman–Crippen MR) is 118 cm³/mol. The van der Waals surface area contributed by atoms with Crippen LogP contribution in [-0.4, -0.2) is 33.5 Å². The van der Waals surface area contributed by atoms with E-state index in [4.69, 9.17) is 4.98 Å². The molecule has 0 atom stereocenters. The smallest absolute Gasteiger partial charge is 0.156 e. The minimum absolute atomic E-state index is 0. The minimum Gasteiger partial charge on any atom is -0.412 e. The fourth-order valence-corrected chi connectivity index (χ4v) is 3.96. The highest BCUT2D eigenvalue weighted by Crippen LogP contribution is 2.31. The summed E-state index contributed by atoms with van der Waals surface area (Å²) < 4.78 is 0. The van der Waals surface area contributed by atoms with Crippen LogP contribution in [0.3, 0.4) is 0 Å². The number of fused-ring (bicyclic) bond motifs is 2. The summed E-state index contributed by atoms with van der Waals surface area (Å²) in [5.41, 5.74) is 4.34. The van der Waals surface area contributed by atoms with Crippen molar-refractivity contribution in [2.24, 2.45) is 0 Å². The van der Waals surface area contributed by atoms with Gasteiger partial charge in [-0.15, -0.1) is 12.4 Å². The van der Waals surface area contributed by atoms with E-state index in [0.717, 1.165) is 41.5 Å². The van der Waals surface area contributed by atoms with Crippen LogP contribution in [0.15, 0.2) is 48.5 Å². The summed E-state index contributed by atoms with van der Waals surface area (Å²) in [7, 11) is 0. The third-order valence-electron chi connectivity index (χ3n) is 5.29. The molecule has 5 rings (SSSR count). The van der Waals surface area contributed by atoms with E-state index in [0.29, 0.717) is 0 Å². The Kier molecular flexibility index (Phi) is 5.87. The van der Waals surface area contributed by atoms with Crippen molar-refractivity contribution in [2.75, 3.05) is 18.0 Å². The molecule has 146 valence electrons. The molecule has 1 aliphatic heterocycles. The molecule has 5 nitrogen and oxygen atoms in total. The third kappa shape index (κ3) is 3.55. The highest BCUT2D eigenvalue weighted by molar-refractivity contribution is 5.93. The van der Waals surface area contributed by atoms with Crippen molar-refractivity contribution in [2.45, 2.75) is 26.2 Å². The molecule has 1 fully saturated rings. The lowest BCUT2D eigenvalue weighted by Crippen LogP contribution is -2.30. The molecule has 0 spiro atoms. The molecule has 1 aliphatic rings. The Balaban J connectivity index is 0.00000112. The van der Waals surface area contributed by atoms with Crippen LogP contribution in [0.2, 0.25) is 0 Å². The highest BCUT2D eigenvalue weighted by Gasteiger charge is 2.18. The lowest BCUT2D eigenvalue weighted by molar-refractivity contribution is 0.574. The van der Waals surface area contributed by atoms with E-state index in [1.165, 1.54) is 35.6 Å². The summed E-state index contributed by atoms with van der Waals surface area (Å²) in [6.45, 7) is 4.14. The van der Waals surface area contributed by atoms with Crippen molar-refractivity contribution in [3.63, 3.8) is 0 Å². The number of hydrogen-bond donors (Lipinski definition) is 1. The van der Waals surface area contributed by atoms with Gasteiger partial charge >= 0.3 is 0 Å². The van der Waals surface area contributed by atoms with Crippen LogP contribution < -0.4 is 4.90 Å². The van der Waals surface area contributed by atoms with Crippen LogP contribution in [0.25, 0.3) is 33.1 Å². The maximum Gasteiger partial charge on any atom is 0.156 e. The van der Waals surface area contributed by atoms with Gasteiger partial charge in [0, 0.05) is 18.8 Å². The molecule has 4 aromatic rings. The molecular weight excluding hydrogens is 372 g/mol. The number of aromatic amines is 1. The van der Waals surface area contributed by atoms with Gasteiger partial charge in [-0.2, -0.15) is 0 Å². The highest BCUT2D eigenvalue weighted by atomic mass is 35.5. The number of aromatic nitrogens is 3. The number of nitrogens with zero attached hydrogens (tertiary/aromatic N) is 3. The van der Waals surface area contributed by atoms with Crippen LogP contribution >= 0.6 is 12.4 Å². The first-order chi connectivity index (χ1) is 12.8. The van der Waals surface area contributed by atoms with Crippen LogP contribution in [0.4, 0.5) is 5.82 Å². The Labute approximate surface area is 170 Å². The van der Waals surface area contributed by atoms with Gasteiger partial charge in [-0.25, -0.2) is 9.97 Å². The van der Waals surface area contributed by atoms with Crippen molar-refractivity contribution in [1.82, 2.24) is 15.0 Å². The molecule has 3 N–H and O–H groups in total. The van der Waals surface area contributed by atoms with Crippen LogP contribution in [0.5, 0.6) is 0 Å². The number of anilines is 1. The van der Waals surface area contributed by atoms with Crippen molar-refractivity contribution in [3.05, 3.63) is 54.4 Å². The lowest BCUT2D eigenvalue weighted by Gasteiger charge is -2.28. The van der Waals surface area contributed by atoms with E-state index in [9.17, 15) is 0 Å². The number of benzene rings is 2. The molecule has 0 unspecified atom stereocenters. The molecule has 2 aromatic carbocycles. The topological polar surface area (TPSA) is 76.3 Å². The maximum atomic E-state index is 4.77. The van der Waals surface area contributed by atoms with Gasteiger partial charge < -0.3 is 15.4 Å². The van der Waals surface area contributed by atoms with Gasteiger partial charge in [0.2, 0.25) is 0 Å². The molecule has 0 amide bonds. The Morgan fingerprint density at radius 3 is 2.43 bits per heavy atom. The first-order valence-electron chi connectivity index (χ1n) is 9.39. The van der Waals surface area contributed by atoms with E-state index in [1.807, 2.05) is 6.92 Å². The molecule has 1 saturated heterocycles. The average Bonchev–Trinajstić information content (AvgIpc) is 3.11. The first-order valence-corrected chi connectivity index (χ1v) is 9.39. The van der Waals surface area contributed by atoms with E-state index < -0.39 is 0 Å². The molecule has 0 aliphatic carbocycles. The van der Waals surface area contributed by atoms with Gasteiger partial charge in [0.05, 0.1) is 5.52 Å². The van der Waals surface area contributed by atoms with E-state index in [-0.39, 0.29) is 17.9 Å². The summed E-state index contributed by atoms with van der Waals surface area (Å²) in [6.07, 6.45) is 3.79. The van der Waals surface area contributed by atoms with E-state index in [1.54, 1.807) is 0 Å². The number of rotatable bonds is 2. The summed E-state index contributed by atoms with van der Waals surface area (Å²) in [6, 6.07) is 17.2. The third-order valence-corrected chi connectivity index (χ3v) is 5.29. The Hall–Kier alpha value is -2.63. The number of piperidine rings is 1. The molecule has 6 heteroatoms. The maximum absolute atomic E-state index is 4.77. The molecular formula is C22H25ClN4O. The SMILES string of the molecule is Cc1nc(N2CCCCC2)c2[nH]c(-c3ccc4ccccc4c3)cc2n1.Cl.O. The molecule has 28 heavy (non-hydrogen) atoms. The quantitative estimate of drug-likeness (QED) is 0.534. The largest absolute Gasteiger partial charge is 0.412 e. The fraction of sp³-hybridized carbons (Fsp3) is 0.273. The van der Waals surface area contributed by atoms with Crippen LogP contribution in [-0.2, 0) is 0 Å². The fourth-order valence-electron chi connectivity index (χ4n) is 3.96. The summed E-state index contributed by atoms with van der Waals surface area (Å²) in [5.74, 6) is 1.89. The summed E-state index contributed by atoms with van der Waals surface area (Å²) in [4.78, 5) is 15.4. The van der Waals surface area contributed by atoms with Gasteiger partial charge in [-0.1, -0.05) is 36.4 Å². The van der Waals surface area contributed by atoms with Gasteiger partial charge in [0.15, 0.2) is 5.82 Å². The van der Waals surface area contributed by atoms with E-state index >= 15 is 0 Å². The number of hydrogen-bond acceptors (Lipinski definition) is 3. The minimum atomic E-state index is 0. The molecule has 0 saturated carbocycles. The number of nitrogens with one attached hydrogen (secondary N) is 1. The molecule has 2 aromatic heterocycles. The number of H-pyrrole nitrogens is 1. The first kappa shape index (κ1) is 20.1. The number of halogens is 1. The Morgan fingerprint density at radius 1 is 0.893 bits per heavy atom. The second-order valence-corrected chi connectivity index (χ2v) is 7.15. The standard InChI is InChI=1S/C22H22N4.ClH.H2O/c1-15-23-20-14-19(18-10-9-16-7-3-4-8-17(16)13-18)25-21(20)22(24-15)26-11-5-2-6-12-26;;/h3-4,7-10,13-14,25H,2,5-6,11-12H2,1H3;1H;1H2. The molecule has 0 bridgehead atoms. The zero-order chi connectivity index (χ0) is 17.5. The molecule has 0 radical (unpaired) electrons. The Morgan fingerprint density at radius 2 is 1.64 bits per heavy atom. The zero-order valence-electron chi connectivity index (χ0n) is 15.9. The second-order valence-electron chi connectivity index (χ2n) is 7.15. The van der Waals surface area contributed by atoms with Gasteiger partial charge in [0.25, 0.3) is 0 Å². The van der Waals surface area contributed by atoms with Crippen LogP contribution in [0.1, 0.15) is 25.1 Å². The average molecular weight is 397 g/mol. The van der Waals surface area contributed by atoms with Gasteiger partial charge in [-0.05, 0) is 54.7 Å². The van der Waals surface area contributed by atoms with Crippen molar-refractivity contribution in [1.29, 1.82) is 0 Å². The summed E-state index contributed by atoms with van der Waals surface area (Å²) in [5, 5.41) is 2.51. The van der Waals surface area contributed by atoms with E-state index in [2.05, 4.69) is 63.4 Å². The van der Waals surface area contributed by atoms with Gasteiger partial charge in [-0.3, -0.25) is 0 Å². The zero-order valence-corrected chi connectivity index (χ0v) is 16.7. The van der Waals surface area contributed by atoms with Crippen molar-refractivity contribution >= 4 is 40.0 Å². The molecule has 3 heterocycles. The predicted octanol–water partition coefficient (Wildman–Crippen LogP) is 4.67.